The summed E-state index contributed by atoms with van der Waals surface area (Å²) in [6.07, 6.45) is 0.572. The first kappa shape index (κ1) is 13.0. The second-order valence-corrected chi connectivity index (χ2v) is 4.91. The summed E-state index contributed by atoms with van der Waals surface area (Å²) >= 11 is 0. The van der Waals surface area contributed by atoms with Gasteiger partial charge in [-0.25, -0.2) is 0 Å². The summed E-state index contributed by atoms with van der Waals surface area (Å²) in [5.41, 5.74) is 7.31. The van der Waals surface area contributed by atoms with Crippen LogP contribution in [0.2, 0.25) is 0 Å². The summed E-state index contributed by atoms with van der Waals surface area (Å²) < 4.78 is 0. The van der Waals surface area contributed by atoms with Crippen molar-refractivity contribution in [1.29, 1.82) is 0 Å². The number of hydrogen-bond donors (Lipinski definition) is 3. The maximum absolute atomic E-state index is 11.7. The lowest BCUT2D eigenvalue weighted by atomic mass is 10.0. The van der Waals surface area contributed by atoms with E-state index >= 15 is 0 Å². The predicted molar refractivity (Wildman–Crippen MR) is 66.8 cm³/mol. The molecule has 1 aliphatic rings. The Morgan fingerprint density at radius 3 is 3.06 bits per heavy atom. The Kier molecular flexibility index (Phi) is 3.98. The van der Waals surface area contributed by atoms with Crippen molar-refractivity contribution in [2.75, 3.05) is 19.6 Å². The molecule has 18 heavy (non-hydrogen) atoms. The van der Waals surface area contributed by atoms with Crippen molar-refractivity contribution in [1.82, 2.24) is 15.1 Å². The van der Waals surface area contributed by atoms with E-state index in [4.69, 9.17) is 5.73 Å². The first-order valence-corrected chi connectivity index (χ1v) is 6.27. The number of nitrogens with one attached hydrogen (secondary N) is 1. The second kappa shape index (κ2) is 5.49. The Labute approximate surface area is 106 Å². The number of aliphatic hydroxyl groups excluding tert-OH is 1. The van der Waals surface area contributed by atoms with E-state index in [9.17, 15) is 9.90 Å². The number of aromatic nitrogens is 2. The SMILES string of the molecule is Cc1cc(C[C@@H]2CN(C(=O)CCN)C[C@H]2O)n[nH]1. The molecule has 0 radical (unpaired) electrons. The van der Waals surface area contributed by atoms with Gasteiger partial charge in [-0.3, -0.25) is 9.89 Å². The molecule has 100 valence electrons. The van der Waals surface area contributed by atoms with E-state index in [1.165, 1.54) is 0 Å². The third-order valence-corrected chi connectivity index (χ3v) is 3.35. The van der Waals surface area contributed by atoms with Crippen LogP contribution < -0.4 is 5.73 Å². The molecule has 1 saturated heterocycles. The van der Waals surface area contributed by atoms with Crippen LogP contribution in [0.15, 0.2) is 6.07 Å². The van der Waals surface area contributed by atoms with Crippen LogP contribution in [0.5, 0.6) is 0 Å². The quantitative estimate of drug-likeness (QED) is 0.668. The van der Waals surface area contributed by atoms with Gasteiger partial charge in [0.25, 0.3) is 0 Å². The van der Waals surface area contributed by atoms with Gasteiger partial charge in [0.15, 0.2) is 0 Å². The standard InChI is InChI=1S/C12H20N4O2/c1-8-4-10(15-14-8)5-9-6-16(7-11(9)17)12(18)2-3-13/h4,9,11,17H,2-3,5-7,13H2,1H3,(H,14,15)/t9-,11-/m1/s1. The fourth-order valence-electron chi connectivity index (χ4n) is 2.39. The molecule has 2 heterocycles. The predicted octanol–water partition coefficient (Wildman–Crippen LogP) is -0.571. The maximum atomic E-state index is 11.7. The fourth-order valence-corrected chi connectivity index (χ4v) is 2.39. The molecular formula is C12H20N4O2. The Bertz CT molecular complexity index is 418. The van der Waals surface area contributed by atoms with Crippen molar-refractivity contribution in [3.05, 3.63) is 17.5 Å². The summed E-state index contributed by atoms with van der Waals surface area (Å²) in [6.45, 7) is 3.30. The molecule has 1 amide bonds. The number of rotatable bonds is 4. The van der Waals surface area contributed by atoms with Gasteiger partial charge in [0.2, 0.25) is 5.91 Å². The lowest BCUT2D eigenvalue weighted by molar-refractivity contribution is -0.130. The minimum absolute atomic E-state index is 0.0252. The lowest BCUT2D eigenvalue weighted by Gasteiger charge is -2.15. The molecule has 0 spiro atoms. The zero-order valence-electron chi connectivity index (χ0n) is 10.6. The first-order valence-electron chi connectivity index (χ1n) is 6.27. The van der Waals surface area contributed by atoms with E-state index in [1.54, 1.807) is 4.90 Å². The minimum Gasteiger partial charge on any atom is -0.391 e. The van der Waals surface area contributed by atoms with Crippen molar-refractivity contribution >= 4 is 5.91 Å². The van der Waals surface area contributed by atoms with E-state index in [-0.39, 0.29) is 11.8 Å². The number of nitrogens with two attached hydrogens (primary N) is 1. The van der Waals surface area contributed by atoms with Gasteiger partial charge in [0.1, 0.15) is 0 Å². The maximum Gasteiger partial charge on any atom is 0.223 e. The van der Waals surface area contributed by atoms with Crippen LogP contribution in [-0.2, 0) is 11.2 Å². The molecule has 0 bridgehead atoms. The number of H-pyrrole nitrogens is 1. The molecule has 6 nitrogen and oxygen atoms in total. The van der Waals surface area contributed by atoms with Crippen molar-refractivity contribution in [3.8, 4) is 0 Å². The number of nitrogens with zero attached hydrogens (tertiary/aromatic N) is 2. The molecule has 1 fully saturated rings. The van der Waals surface area contributed by atoms with Crippen LogP contribution in [0, 0.1) is 12.8 Å². The van der Waals surface area contributed by atoms with E-state index < -0.39 is 6.10 Å². The topological polar surface area (TPSA) is 95.2 Å². The van der Waals surface area contributed by atoms with Crippen LogP contribution in [0.3, 0.4) is 0 Å². The smallest absolute Gasteiger partial charge is 0.223 e. The number of aromatic amines is 1. The molecule has 0 aliphatic carbocycles. The normalized spacial score (nSPS) is 23.6. The molecule has 0 aromatic carbocycles. The van der Waals surface area contributed by atoms with Crippen LogP contribution in [-0.4, -0.2) is 51.8 Å². The summed E-state index contributed by atoms with van der Waals surface area (Å²) in [5, 5.41) is 17.0. The summed E-state index contributed by atoms with van der Waals surface area (Å²) in [7, 11) is 0. The minimum atomic E-state index is -0.469. The first-order chi connectivity index (χ1) is 8.60. The van der Waals surface area contributed by atoms with E-state index in [0.29, 0.717) is 32.5 Å². The van der Waals surface area contributed by atoms with Gasteiger partial charge in [0.05, 0.1) is 11.8 Å². The van der Waals surface area contributed by atoms with Crippen molar-refractivity contribution in [2.24, 2.45) is 11.7 Å². The Balaban J connectivity index is 1.93. The van der Waals surface area contributed by atoms with E-state index in [1.807, 2.05) is 13.0 Å². The monoisotopic (exact) mass is 252 g/mol. The van der Waals surface area contributed by atoms with Crippen molar-refractivity contribution in [3.63, 3.8) is 0 Å². The fraction of sp³-hybridized carbons (Fsp3) is 0.667. The van der Waals surface area contributed by atoms with Gasteiger partial charge in [-0.2, -0.15) is 5.10 Å². The zero-order chi connectivity index (χ0) is 13.1. The highest BCUT2D eigenvalue weighted by Crippen LogP contribution is 2.21. The highest BCUT2D eigenvalue weighted by atomic mass is 16.3. The lowest BCUT2D eigenvalue weighted by Crippen LogP contribution is -2.31. The summed E-state index contributed by atoms with van der Waals surface area (Å²) in [4.78, 5) is 13.4. The summed E-state index contributed by atoms with van der Waals surface area (Å²) in [5.74, 6) is 0.0895. The molecular weight excluding hydrogens is 232 g/mol. The van der Waals surface area contributed by atoms with E-state index in [2.05, 4.69) is 10.2 Å². The third kappa shape index (κ3) is 2.88. The molecule has 1 aromatic rings. The Morgan fingerprint density at radius 1 is 1.67 bits per heavy atom. The summed E-state index contributed by atoms with van der Waals surface area (Å²) in [6, 6.07) is 1.97. The molecule has 0 saturated carbocycles. The molecule has 1 aliphatic heterocycles. The van der Waals surface area contributed by atoms with Crippen molar-refractivity contribution in [2.45, 2.75) is 25.9 Å². The second-order valence-electron chi connectivity index (χ2n) is 4.91. The highest BCUT2D eigenvalue weighted by Gasteiger charge is 2.33. The molecule has 2 atom stereocenters. The molecule has 1 aromatic heterocycles. The van der Waals surface area contributed by atoms with Gasteiger partial charge in [-0.05, 0) is 19.4 Å². The van der Waals surface area contributed by atoms with Gasteiger partial charge in [0, 0.05) is 37.7 Å². The van der Waals surface area contributed by atoms with Crippen LogP contribution in [0.4, 0.5) is 0 Å². The number of likely N-dealkylation sites (tertiary alicyclic amines) is 1. The molecule has 4 N–H and O–H groups in total. The molecule has 6 heteroatoms. The molecule has 0 unspecified atom stereocenters. The third-order valence-electron chi connectivity index (χ3n) is 3.35. The van der Waals surface area contributed by atoms with Crippen LogP contribution >= 0.6 is 0 Å². The van der Waals surface area contributed by atoms with Gasteiger partial charge in [-0.15, -0.1) is 0 Å². The highest BCUT2D eigenvalue weighted by molar-refractivity contribution is 5.76. The number of aryl methyl sites for hydroxylation is 1. The van der Waals surface area contributed by atoms with Crippen LogP contribution in [0.25, 0.3) is 0 Å². The van der Waals surface area contributed by atoms with E-state index in [0.717, 1.165) is 11.4 Å². The Hall–Kier alpha value is -1.40. The average Bonchev–Trinajstić information content (AvgIpc) is 2.87. The largest absolute Gasteiger partial charge is 0.391 e. The molecule has 2 rings (SSSR count). The number of amides is 1. The van der Waals surface area contributed by atoms with Gasteiger partial charge < -0.3 is 15.7 Å². The zero-order valence-corrected chi connectivity index (χ0v) is 10.6. The number of hydrogen-bond acceptors (Lipinski definition) is 4. The Morgan fingerprint density at radius 2 is 2.44 bits per heavy atom. The number of carbonyl (C=O) groups excluding carboxylic acids is 1. The van der Waals surface area contributed by atoms with Crippen LogP contribution in [0.1, 0.15) is 17.8 Å². The van der Waals surface area contributed by atoms with Crippen molar-refractivity contribution < 1.29 is 9.90 Å². The van der Waals surface area contributed by atoms with Gasteiger partial charge in [-0.1, -0.05) is 0 Å². The number of aliphatic hydroxyl groups is 1. The average molecular weight is 252 g/mol. The number of carbonyl (C=O) groups is 1. The van der Waals surface area contributed by atoms with Gasteiger partial charge >= 0.3 is 0 Å². The number of β-amino-alcohol motifs (C(OH)–C–C–N with tert-alkyl or cyclic N) is 1.